The first-order valence-electron chi connectivity index (χ1n) is 11.5. The zero-order chi connectivity index (χ0) is 23.5. The number of carbonyl (C=O) groups excluding carboxylic acids is 1. The average molecular weight is 465 g/mol. The van der Waals surface area contributed by atoms with Gasteiger partial charge in [-0.2, -0.15) is 0 Å². The molecule has 2 heterocycles. The lowest BCUT2D eigenvalue weighted by Crippen LogP contribution is -2.48. The van der Waals surface area contributed by atoms with E-state index in [1.807, 2.05) is 24.8 Å². The van der Waals surface area contributed by atoms with Crippen LogP contribution in [-0.2, 0) is 9.53 Å². The van der Waals surface area contributed by atoms with Crippen LogP contribution in [0, 0.1) is 6.92 Å². The molecule has 0 unspecified atom stereocenters. The monoisotopic (exact) mass is 464 g/mol. The molecule has 0 N–H and O–H groups in total. The van der Waals surface area contributed by atoms with E-state index in [0.717, 1.165) is 22.2 Å². The van der Waals surface area contributed by atoms with E-state index in [9.17, 15) is 4.79 Å². The van der Waals surface area contributed by atoms with Crippen LogP contribution in [0.15, 0.2) is 53.7 Å². The highest BCUT2D eigenvalue weighted by Gasteiger charge is 2.27. The van der Waals surface area contributed by atoms with Gasteiger partial charge in [-0.05, 0) is 38.3 Å². The number of hydrogen-bond donors (Lipinski definition) is 0. The Bertz CT molecular complexity index is 1100. The number of hydrogen-bond acceptors (Lipinski definition) is 5. The van der Waals surface area contributed by atoms with Gasteiger partial charge in [-0.25, -0.2) is 0 Å². The quantitative estimate of drug-likeness (QED) is 0.475. The minimum absolute atomic E-state index is 0.0532. The van der Waals surface area contributed by atoms with Crippen molar-refractivity contribution in [1.29, 1.82) is 0 Å². The fourth-order valence-electron chi connectivity index (χ4n) is 4.25. The molecule has 1 aliphatic heterocycles. The molecule has 1 amide bonds. The molecular weight excluding hydrogens is 432 g/mol. The Labute approximate surface area is 200 Å². The van der Waals surface area contributed by atoms with Crippen LogP contribution in [-0.4, -0.2) is 56.6 Å². The molecule has 33 heavy (non-hydrogen) atoms. The van der Waals surface area contributed by atoms with Crippen molar-refractivity contribution in [1.82, 2.24) is 19.7 Å². The minimum atomic E-state index is 0.0532. The van der Waals surface area contributed by atoms with Gasteiger partial charge in [0.1, 0.15) is 0 Å². The topological polar surface area (TPSA) is 60.3 Å². The van der Waals surface area contributed by atoms with Crippen molar-refractivity contribution in [3.8, 4) is 17.1 Å². The largest absolute Gasteiger partial charge is 0.372 e. The fourth-order valence-corrected chi connectivity index (χ4v) is 5.10. The third kappa shape index (κ3) is 5.31. The molecule has 1 aromatic heterocycles. The molecule has 2 aromatic carbocycles. The van der Waals surface area contributed by atoms with Crippen LogP contribution in [0.1, 0.15) is 44.7 Å². The second-order valence-electron chi connectivity index (χ2n) is 9.07. The lowest BCUT2D eigenvalue weighted by Gasteiger charge is -2.35. The smallest absolute Gasteiger partial charge is 0.233 e. The standard InChI is InChI=1S/C26H32N4O2S/c1-17(2)22-8-6-7-9-23(22)30-25(21-12-10-18(3)11-13-21)27-28-26(30)33-16-24(31)29-14-19(4)32-20(5)15-29/h6-13,17,19-20H,14-16H2,1-5H3/t19-,20+. The number of morpholine rings is 1. The number of amides is 1. The third-order valence-corrected chi connectivity index (χ3v) is 6.75. The van der Waals surface area contributed by atoms with Crippen LogP contribution in [0.3, 0.4) is 0 Å². The molecule has 1 fully saturated rings. The first kappa shape index (κ1) is 23.5. The Kier molecular flexibility index (Phi) is 7.20. The summed E-state index contributed by atoms with van der Waals surface area (Å²) in [6.07, 6.45) is 0.106. The molecule has 7 heteroatoms. The van der Waals surface area contributed by atoms with Gasteiger partial charge in [-0.3, -0.25) is 9.36 Å². The van der Waals surface area contributed by atoms with Crippen LogP contribution in [0.2, 0.25) is 0 Å². The number of thioether (sulfide) groups is 1. The molecule has 2 atom stereocenters. The maximum absolute atomic E-state index is 13.0. The van der Waals surface area contributed by atoms with Crippen LogP contribution >= 0.6 is 11.8 Å². The van der Waals surface area contributed by atoms with Crippen LogP contribution in [0.4, 0.5) is 0 Å². The van der Waals surface area contributed by atoms with E-state index < -0.39 is 0 Å². The Hall–Kier alpha value is -2.64. The van der Waals surface area contributed by atoms with Crippen molar-refractivity contribution in [3.63, 3.8) is 0 Å². The molecule has 0 saturated carbocycles. The average Bonchev–Trinajstić information content (AvgIpc) is 3.21. The van der Waals surface area contributed by atoms with Gasteiger partial charge < -0.3 is 9.64 Å². The summed E-state index contributed by atoms with van der Waals surface area (Å²) in [6, 6.07) is 16.7. The SMILES string of the molecule is Cc1ccc(-c2nnc(SCC(=O)N3C[C@@H](C)O[C@@H](C)C3)n2-c2ccccc2C(C)C)cc1. The number of nitrogens with zero attached hydrogens (tertiary/aromatic N) is 4. The first-order chi connectivity index (χ1) is 15.8. The zero-order valence-electron chi connectivity index (χ0n) is 20.0. The number of aromatic nitrogens is 3. The highest BCUT2D eigenvalue weighted by Crippen LogP contribution is 2.32. The van der Waals surface area contributed by atoms with E-state index in [1.165, 1.54) is 22.9 Å². The van der Waals surface area contributed by atoms with Gasteiger partial charge in [0.25, 0.3) is 0 Å². The molecule has 3 aromatic rings. The Balaban J connectivity index is 1.67. The van der Waals surface area contributed by atoms with Gasteiger partial charge in [-0.15, -0.1) is 10.2 Å². The number of para-hydroxylation sites is 1. The summed E-state index contributed by atoms with van der Waals surface area (Å²) in [5.41, 5.74) is 4.47. The lowest BCUT2D eigenvalue weighted by molar-refractivity contribution is -0.140. The number of ether oxygens (including phenoxy) is 1. The predicted molar refractivity (Wildman–Crippen MR) is 133 cm³/mol. The van der Waals surface area contributed by atoms with E-state index >= 15 is 0 Å². The number of carbonyl (C=O) groups is 1. The molecule has 174 valence electrons. The highest BCUT2D eigenvalue weighted by molar-refractivity contribution is 7.99. The predicted octanol–water partition coefficient (Wildman–Crippen LogP) is 5.09. The van der Waals surface area contributed by atoms with Crippen molar-refractivity contribution in [3.05, 3.63) is 59.7 Å². The Morgan fingerprint density at radius 1 is 1.06 bits per heavy atom. The lowest BCUT2D eigenvalue weighted by atomic mass is 10.0. The van der Waals surface area contributed by atoms with Crippen LogP contribution in [0.5, 0.6) is 0 Å². The van der Waals surface area contributed by atoms with Gasteiger partial charge in [-0.1, -0.05) is 73.6 Å². The Morgan fingerprint density at radius 3 is 2.39 bits per heavy atom. The normalized spacial score (nSPS) is 18.7. The van der Waals surface area contributed by atoms with Gasteiger partial charge >= 0.3 is 0 Å². The van der Waals surface area contributed by atoms with E-state index in [4.69, 9.17) is 4.74 Å². The number of aryl methyl sites for hydroxylation is 1. The third-order valence-electron chi connectivity index (χ3n) is 5.84. The molecular formula is C26H32N4O2S. The van der Waals surface area contributed by atoms with Crippen LogP contribution < -0.4 is 0 Å². The van der Waals surface area contributed by atoms with Gasteiger partial charge in [0.15, 0.2) is 11.0 Å². The maximum atomic E-state index is 13.0. The number of benzene rings is 2. The summed E-state index contributed by atoms with van der Waals surface area (Å²) in [7, 11) is 0. The molecule has 0 aliphatic carbocycles. The van der Waals surface area contributed by atoms with E-state index in [1.54, 1.807) is 0 Å². The summed E-state index contributed by atoms with van der Waals surface area (Å²) >= 11 is 1.44. The second kappa shape index (κ2) is 10.1. The fraction of sp³-hybridized carbons (Fsp3) is 0.423. The van der Waals surface area contributed by atoms with Crippen molar-refractivity contribution < 1.29 is 9.53 Å². The summed E-state index contributed by atoms with van der Waals surface area (Å²) in [5, 5.41) is 9.80. The van der Waals surface area contributed by atoms with E-state index in [2.05, 4.69) is 78.0 Å². The molecule has 4 rings (SSSR count). The van der Waals surface area contributed by atoms with Crippen LogP contribution in [0.25, 0.3) is 17.1 Å². The Morgan fingerprint density at radius 2 is 1.73 bits per heavy atom. The number of rotatable bonds is 6. The molecule has 0 bridgehead atoms. The second-order valence-corrected chi connectivity index (χ2v) is 10.0. The molecule has 1 aliphatic rings. The summed E-state index contributed by atoms with van der Waals surface area (Å²) in [5.74, 6) is 1.54. The van der Waals surface area contributed by atoms with Gasteiger partial charge in [0.05, 0.1) is 23.6 Å². The maximum Gasteiger partial charge on any atom is 0.233 e. The van der Waals surface area contributed by atoms with E-state index in [0.29, 0.717) is 24.8 Å². The summed E-state index contributed by atoms with van der Waals surface area (Å²) < 4.78 is 7.88. The van der Waals surface area contributed by atoms with Crippen molar-refractivity contribution >= 4 is 17.7 Å². The van der Waals surface area contributed by atoms with Crippen molar-refractivity contribution in [2.75, 3.05) is 18.8 Å². The summed E-state index contributed by atoms with van der Waals surface area (Å²) in [6.45, 7) is 11.7. The zero-order valence-corrected chi connectivity index (χ0v) is 20.8. The molecule has 0 radical (unpaired) electrons. The van der Waals surface area contributed by atoms with E-state index in [-0.39, 0.29) is 18.1 Å². The van der Waals surface area contributed by atoms with Crippen molar-refractivity contribution in [2.45, 2.75) is 57.9 Å². The minimum Gasteiger partial charge on any atom is -0.372 e. The molecule has 1 saturated heterocycles. The van der Waals surface area contributed by atoms with Gasteiger partial charge in [0, 0.05) is 18.7 Å². The molecule has 6 nitrogen and oxygen atoms in total. The van der Waals surface area contributed by atoms with Crippen molar-refractivity contribution in [2.24, 2.45) is 0 Å². The first-order valence-corrected chi connectivity index (χ1v) is 12.5. The summed E-state index contributed by atoms with van der Waals surface area (Å²) in [4.78, 5) is 14.9. The molecule has 0 spiro atoms. The highest BCUT2D eigenvalue weighted by atomic mass is 32.2. The van der Waals surface area contributed by atoms with Gasteiger partial charge in [0.2, 0.25) is 5.91 Å².